The summed E-state index contributed by atoms with van der Waals surface area (Å²) in [6, 6.07) is 7.32. The number of benzene rings is 1. The van der Waals surface area contributed by atoms with E-state index < -0.39 is 5.60 Å². The maximum absolute atomic E-state index is 12.8. The molecule has 1 aliphatic heterocycles. The number of rotatable bonds is 6. The molecule has 3 N–H and O–H groups in total. The Morgan fingerprint density at radius 3 is 2.76 bits per heavy atom. The van der Waals surface area contributed by atoms with Gasteiger partial charge in [0, 0.05) is 23.7 Å². The summed E-state index contributed by atoms with van der Waals surface area (Å²) in [5, 5.41) is 21.5. The summed E-state index contributed by atoms with van der Waals surface area (Å²) in [5.41, 5.74) is 2.16. The van der Waals surface area contributed by atoms with Gasteiger partial charge >= 0.3 is 0 Å². The van der Waals surface area contributed by atoms with Gasteiger partial charge in [-0.1, -0.05) is 50.3 Å². The zero-order valence-electron chi connectivity index (χ0n) is 16.7. The zero-order valence-corrected chi connectivity index (χ0v) is 17.5. The van der Waals surface area contributed by atoms with Crippen molar-refractivity contribution in [2.75, 3.05) is 13.2 Å². The first kappa shape index (κ1) is 20.4. The van der Waals surface area contributed by atoms with E-state index >= 15 is 0 Å². The number of aromatic nitrogens is 2. The van der Waals surface area contributed by atoms with Gasteiger partial charge in [-0.2, -0.15) is 5.10 Å². The highest BCUT2D eigenvalue weighted by molar-refractivity contribution is 6.34. The van der Waals surface area contributed by atoms with Crippen LogP contribution in [0.25, 0.3) is 11.3 Å². The van der Waals surface area contributed by atoms with Crippen LogP contribution < -0.4 is 5.32 Å². The number of carbonyl (C=O) groups is 1. The smallest absolute Gasteiger partial charge is 0.252 e. The lowest BCUT2D eigenvalue weighted by Crippen LogP contribution is -2.42. The van der Waals surface area contributed by atoms with Gasteiger partial charge in [-0.3, -0.25) is 9.89 Å². The average Bonchev–Trinajstić information content (AvgIpc) is 3.49. The number of hydrogen-bond acceptors (Lipinski definition) is 4. The molecule has 1 aliphatic carbocycles. The Kier molecular flexibility index (Phi) is 5.95. The number of hydrogen-bond donors (Lipinski definition) is 3. The summed E-state index contributed by atoms with van der Waals surface area (Å²) in [6.45, 7) is 3.14. The molecule has 0 radical (unpaired) electrons. The maximum Gasteiger partial charge on any atom is 0.252 e. The fraction of sp³-hybridized carbons (Fsp3) is 0.545. The SMILES string of the molecule is CC(c1cc(-c2ccc(Cl)c(C(=O)NCC3(O)CCCCCC3)c2)n[nH]1)C1CO1. The van der Waals surface area contributed by atoms with Gasteiger partial charge < -0.3 is 15.2 Å². The van der Waals surface area contributed by atoms with E-state index in [0.717, 1.165) is 62.1 Å². The van der Waals surface area contributed by atoms with Crippen LogP contribution in [0.1, 0.15) is 67.4 Å². The number of epoxide rings is 1. The van der Waals surface area contributed by atoms with Gasteiger partial charge in [0.05, 0.1) is 34.6 Å². The van der Waals surface area contributed by atoms with Gasteiger partial charge in [-0.05, 0) is 31.0 Å². The Morgan fingerprint density at radius 1 is 1.34 bits per heavy atom. The number of nitrogens with one attached hydrogen (secondary N) is 2. The molecule has 6 nitrogen and oxygen atoms in total. The first-order valence-electron chi connectivity index (χ1n) is 10.4. The van der Waals surface area contributed by atoms with E-state index in [4.69, 9.17) is 16.3 Å². The molecule has 1 saturated carbocycles. The van der Waals surface area contributed by atoms with Crippen LogP contribution in [0.5, 0.6) is 0 Å². The second-order valence-electron chi connectivity index (χ2n) is 8.38. The Hall–Kier alpha value is -1.89. The van der Waals surface area contributed by atoms with Crippen LogP contribution in [0.15, 0.2) is 24.3 Å². The second kappa shape index (κ2) is 8.46. The Morgan fingerprint density at radius 2 is 2.07 bits per heavy atom. The lowest BCUT2D eigenvalue weighted by atomic mass is 9.94. The second-order valence-corrected chi connectivity index (χ2v) is 8.79. The van der Waals surface area contributed by atoms with Crippen LogP contribution >= 0.6 is 11.6 Å². The normalized spacial score (nSPS) is 22.0. The summed E-state index contributed by atoms with van der Waals surface area (Å²) in [4.78, 5) is 12.8. The van der Waals surface area contributed by atoms with Crippen molar-refractivity contribution in [3.05, 3.63) is 40.5 Å². The highest BCUT2D eigenvalue weighted by atomic mass is 35.5. The summed E-state index contributed by atoms with van der Waals surface area (Å²) in [6.07, 6.45) is 5.97. The number of ether oxygens (including phenoxy) is 1. The van der Waals surface area contributed by atoms with Gasteiger partial charge in [-0.25, -0.2) is 0 Å². The van der Waals surface area contributed by atoms with E-state index in [0.29, 0.717) is 10.6 Å². The third kappa shape index (κ3) is 4.82. The summed E-state index contributed by atoms with van der Waals surface area (Å²) in [7, 11) is 0. The highest BCUT2D eigenvalue weighted by Gasteiger charge is 2.32. The third-order valence-corrected chi connectivity index (χ3v) is 6.45. The van der Waals surface area contributed by atoms with E-state index in [2.05, 4.69) is 22.4 Å². The standard InChI is InChI=1S/C22H28ClN3O3/c1-14(20-12-29-20)18-11-19(26-25-18)15-6-7-17(23)16(10-15)21(27)24-13-22(28)8-4-2-3-5-9-22/h6-7,10-11,14,20,28H,2-5,8-9,12-13H2,1H3,(H,24,27)(H,25,26). The van der Waals surface area contributed by atoms with Crippen molar-refractivity contribution in [3.63, 3.8) is 0 Å². The molecule has 4 rings (SSSR count). The molecule has 1 amide bonds. The fourth-order valence-electron chi connectivity index (χ4n) is 4.02. The monoisotopic (exact) mass is 417 g/mol. The third-order valence-electron chi connectivity index (χ3n) is 6.12. The van der Waals surface area contributed by atoms with Crippen molar-refractivity contribution in [1.82, 2.24) is 15.5 Å². The number of halogens is 1. The molecular formula is C22H28ClN3O3. The molecule has 1 aromatic carbocycles. The molecule has 2 fully saturated rings. The Bertz CT molecular complexity index is 870. The van der Waals surface area contributed by atoms with Crippen LogP contribution in [0.3, 0.4) is 0 Å². The van der Waals surface area contributed by atoms with Gasteiger partial charge in [0.1, 0.15) is 0 Å². The predicted molar refractivity (Wildman–Crippen MR) is 112 cm³/mol. The summed E-state index contributed by atoms with van der Waals surface area (Å²) < 4.78 is 5.36. The summed E-state index contributed by atoms with van der Waals surface area (Å²) in [5.74, 6) is -0.0170. The lowest BCUT2D eigenvalue weighted by Gasteiger charge is -2.26. The topological polar surface area (TPSA) is 90.5 Å². The number of amides is 1. The molecule has 2 aromatic rings. The van der Waals surface area contributed by atoms with Gasteiger partial charge in [0.25, 0.3) is 5.91 Å². The molecule has 1 saturated heterocycles. The molecule has 0 bridgehead atoms. The van der Waals surface area contributed by atoms with Crippen molar-refractivity contribution < 1.29 is 14.6 Å². The van der Waals surface area contributed by atoms with Crippen LogP contribution in [0.2, 0.25) is 5.02 Å². The van der Waals surface area contributed by atoms with Crippen molar-refractivity contribution in [2.45, 2.75) is 63.1 Å². The zero-order chi connectivity index (χ0) is 20.4. The Balaban J connectivity index is 1.47. The molecular weight excluding hydrogens is 390 g/mol. The van der Waals surface area contributed by atoms with Gasteiger partial charge in [-0.15, -0.1) is 0 Å². The summed E-state index contributed by atoms with van der Waals surface area (Å²) >= 11 is 6.30. The molecule has 0 spiro atoms. The van der Waals surface area contributed by atoms with E-state index in [1.54, 1.807) is 12.1 Å². The molecule has 2 heterocycles. The number of H-pyrrole nitrogens is 1. The number of aromatic amines is 1. The van der Waals surface area contributed by atoms with E-state index in [1.165, 1.54) is 0 Å². The minimum atomic E-state index is -0.825. The van der Waals surface area contributed by atoms with Crippen LogP contribution in [-0.4, -0.2) is 46.1 Å². The molecule has 2 aliphatic rings. The quantitative estimate of drug-likeness (QED) is 0.488. The van der Waals surface area contributed by atoms with Crippen LogP contribution in [0, 0.1) is 0 Å². The molecule has 1 aromatic heterocycles. The van der Waals surface area contributed by atoms with Gasteiger partial charge in [0.2, 0.25) is 0 Å². The molecule has 7 heteroatoms. The van der Waals surface area contributed by atoms with Crippen LogP contribution in [0.4, 0.5) is 0 Å². The number of aliphatic hydroxyl groups is 1. The van der Waals surface area contributed by atoms with E-state index in [9.17, 15) is 9.90 Å². The fourth-order valence-corrected chi connectivity index (χ4v) is 4.23. The largest absolute Gasteiger partial charge is 0.388 e. The van der Waals surface area contributed by atoms with Crippen molar-refractivity contribution >= 4 is 17.5 Å². The minimum absolute atomic E-state index is 0.248. The van der Waals surface area contributed by atoms with Crippen LogP contribution in [-0.2, 0) is 4.74 Å². The molecule has 29 heavy (non-hydrogen) atoms. The first-order chi connectivity index (χ1) is 14.0. The maximum atomic E-state index is 12.8. The lowest BCUT2D eigenvalue weighted by molar-refractivity contribution is 0.0246. The number of nitrogens with zero attached hydrogens (tertiary/aromatic N) is 1. The minimum Gasteiger partial charge on any atom is -0.388 e. The predicted octanol–water partition coefficient (Wildman–Crippen LogP) is 4.05. The Labute approximate surface area is 176 Å². The highest BCUT2D eigenvalue weighted by Crippen LogP contribution is 2.31. The molecule has 156 valence electrons. The number of carbonyl (C=O) groups excluding carboxylic acids is 1. The molecule has 2 unspecified atom stereocenters. The van der Waals surface area contributed by atoms with E-state index in [1.807, 2.05) is 12.1 Å². The van der Waals surface area contributed by atoms with Crippen molar-refractivity contribution in [1.29, 1.82) is 0 Å². The van der Waals surface area contributed by atoms with Crippen molar-refractivity contribution in [3.8, 4) is 11.3 Å². The molecule has 2 atom stereocenters. The average molecular weight is 418 g/mol. The van der Waals surface area contributed by atoms with E-state index in [-0.39, 0.29) is 24.5 Å². The van der Waals surface area contributed by atoms with Gasteiger partial charge in [0.15, 0.2) is 0 Å². The van der Waals surface area contributed by atoms with Crippen molar-refractivity contribution in [2.24, 2.45) is 0 Å². The first-order valence-corrected chi connectivity index (χ1v) is 10.8.